The molecule has 3 aromatic carbocycles. The summed E-state index contributed by atoms with van der Waals surface area (Å²) < 4.78 is 20.9. The van der Waals surface area contributed by atoms with Gasteiger partial charge in [-0.05, 0) is 53.6 Å². The maximum atomic E-state index is 13.0. The van der Waals surface area contributed by atoms with E-state index in [-0.39, 0.29) is 5.82 Å². The van der Waals surface area contributed by atoms with Crippen LogP contribution in [-0.2, 0) is 6.61 Å². The lowest BCUT2D eigenvalue weighted by molar-refractivity contribution is 0.305. The van der Waals surface area contributed by atoms with Crippen LogP contribution in [-0.4, -0.2) is 0 Å². The number of nitriles is 1. The van der Waals surface area contributed by atoms with Crippen LogP contribution >= 0.6 is 31.9 Å². The maximum Gasteiger partial charge on any atom is 0.123 e. The van der Waals surface area contributed by atoms with Gasteiger partial charge in [-0.1, -0.05) is 62.2 Å². The van der Waals surface area contributed by atoms with Crippen molar-refractivity contribution in [3.8, 4) is 11.8 Å². The van der Waals surface area contributed by atoms with E-state index >= 15 is 0 Å². The van der Waals surface area contributed by atoms with Crippen molar-refractivity contribution in [2.24, 2.45) is 0 Å². The van der Waals surface area contributed by atoms with E-state index in [1.54, 1.807) is 18.2 Å². The molecule has 3 aromatic rings. The van der Waals surface area contributed by atoms with Crippen molar-refractivity contribution in [2.75, 3.05) is 0 Å². The summed E-state index contributed by atoms with van der Waals surface area (Å²) in [6.45, 7) is 0.447. The Kier molecular flexibility index (Phi) is 6.44. The first-order valence-corrected chi connectivity index (χ1v) is 9.68. The fourth-order valence-corrected chi connectivity index (χ4v) is 3.60. The molecule has 0 aliphatic heterocycles. The zero-order valence-corrected chi connectivity index (χ0v) is 17.3. The summed E-state index contributed by atoms with van der Waals surface area (Å²) in [7, 11) is 0. The fraction of sp³-hybridized carbons (Fsp3) is 0.0455. The van der Waals surface area contributed by atoms with Gasteiger partial charge in [0, 0.05) is 14.5 Å². The number of benzene rings is 3. The Labute approximate surface area is 174 Å². The van der Waals surface area contributed by atoms with Crippen molar-refractivity contribution in [1.29, 1.82) is 5.26 Å². The Bertz CT molecular complexity index is 1010. The summed E-state index contributed by atoms with van der Waals surface area (Å²) in [6.07, 6.45) is 1.77. The summed E-state index contributed by atoms with van der Waals surface area (Å²) in [6, 6.07) is 21.5. The van der Waals surface area contributed by atoms with E-state index in [1.165, 1.54) is 12.1 Å². The predicted molar refractivity (Wildman–Crippen MR) is 113 cm³/mol. The molecule has 0 radical (unpaired) electrons. The van der Waals surface area contributed by atoms with E-state index in [9.17, 15) is 9.65 Å². The normalized spacial score (nSPS) is 11.1. The van der Waals surface area contributed by atoms with Crippen molar-refractivity contribution in [1.82, 2.24) is 0 Å². The lowest BCUT2D eigenvalue weighted by Gasteiger charge is -2.09. The molecule has 27 heavy (non-hydrogen) atoms. The van der Waals surface area contributed by atoms with Crippen LogP contribution in [0.15, 0.2) is 75.7 Å². The zero-order valence-electron chi connectivity index (χ0n) is 14.1. The highest BCUT2D eigenvalue weighted by Crippen LogP contribution is 2.24. The summed E-state index contributed by atoms with van der Waals surface area (Å²) in [5.41, 5.74) is 3.07. The second-order valence-electron chi connectivity index (χ2n) is 5.77. The van der Waals surface area contributed by atoms with E-state index in [2.05, 4.69) is 37.9 Å². The maximum absolute atomic E-state index is 13.0. The standard InChI is InChI=1S/C22H14Br2FNO/c23-19-6-3-17(22(24)12-19)14-27-21-9-1-15(2-10-21)11-18(13-26)16-4-7-20(25)8-5-16/h1-12H,14H2/b18-11-. The number of rotatable bonds is 5. The number of halogens is 3. The minimum atomic E-state index is -0.324. The first kappa shape index (κ1) is 19.3. The molecule has 134 valence electrons. The molecule has 0 bridgehead atoms. The van der Waals surface area contributed by atoms with E-state index in [0.29, 0.717) is 17.7 Å². The smallest absolute Gasteiger partial charge is 0.123 e. The van der Waals surface area contributed by atoms with E-state index in [4.69, 9.17) is 4.74 Å². The van der Waals surface area contributed by atoms with Crippen LogP contribution in [0.25, 0.3) is 11.6 Å². The van der Waals surface area contributed by atoms with Gasteiger partial charge in [0.1, 0.15) is 18.2 Å². The molecule has 0 atom stereocenters. The summed E-state index contributed by atoms with van der Waals surface area (Å²) in [5, 5.41) is 9.38. The van der Waals surface area contributed by atoms with Crippen LogP contribution in [0.4, 0.5) is 4.39 Å². The van der Waals surface area contributed by atoms with Gasteiger partial charge in [-0.15, -0.1) is 0 Å². The highest BCUT2D eigenvalue weighted by Gasteiger charge is 2.04. The molecule has 0 heterocycles. The number of allylic oxidation sites excluding steroid dienone is 1. The predicted octanol–water partition coefficient (Wildman–Crippen LogP) is 6.99. The molecule has 5 heteroatoms. The highest BCUT2D eigenvalue weighted by atomic mass is 79.9. The summed E-state index contributed by atoms with van der Waals surface area (Å²) in [4.78, 5) is 0. The number of hydrogen-bond donors (Lipinski definition) is 0. The van der Waals surface area contributed by atoms with Crippen molar-refractivity contribution in [3.05, 3.63) is 98.2 Å². The Morgan fingerprint density at radius 2 is 1.70 bits per heavy atom. The van der Waals surface area contributed by atoms with Gasteiger partial charge in [0.25, 0.3) is 0 Å². The van der Waals surface area contributed by atoms with Crippen LogP contribution in [0, 0.1) is 17.1 Å². The minimum Gasteiger partial charge on any atom is -0.489 e. The Balaban J connectivity index is 1.71. The largest absolute Gasteiger partial charge is 0.489 e. The average Bonchev–Trinajstić information content (AvgIpc) is 2.67. The first-order valence-electron chi connectivity index (χ1n) is 8.10. The molecule has 0 N–H and O–H groups in total. The molecule has 0 spiro atoms. The van der Waals surface area contributed by atoms with Gasteiger partial charge >= 0.3 is 0 Å². The molecule has 3 rings (SSSR count). The topological polar surface area (TPSA) is 33.0 Å². The number of hydrogen-bond acceptors (Lipinski definition) is 2. The van der Waals surface area contributed by atoms with Crippen LogP contribution < -0.4 is 4.74 Å². The fourth-order valence-electron chi connectivity index (χ4n) is 2.44. The van der Waals surface area contributed by atoms with Crippen LogP contribution in [0.1, 0.15) is 16.7 Å². The number of ether oxygens (including phenoxy) is 1. The monoisotopic (exact) mass is 485 g/mol. The lowest BCUT2D eigenvalue weighted by atomic mass is 10.0. The zero-order chi connectivity index (χ0) is 19.2. The van der Waals surface area contributed by atoms with E-state index < -0.39 is 0 Å². The van der Waals surface area contributed by atoms with Gasteiger partial charge in [-0.2, -0.15) is 5.26 Å². The molecular weight excluding hydrogens is 473 g/mol. The Hall–Kier alpha value is -2.42. The van der Waals surface area contributed by atoms with Crippen molar-refractivity contribution < 1.29 is 9.13 Å². The third kappa shape index (κ3) is 5.29. The molecule has 2 nitrogen and oxygen atoms in total. The molecule has 0 saturated carbocycles. The molecule has 0 aliphatic rings. The Morgan fingerprint density at radius 3 is 2.33 bits per heavy atom. The van der Waals surface area contributed by atoms with Gasteiger partial charge in [-0.25, -0.2) is 4.39 Å². The second-order valence-corrected chi connectivity index (χ2v) is 7.54. The van der Waals surface area contributed by atoms with Crippen molar-refractivity contribution in [3.63, 3.8) is 0 Å². The van der Waals surface area contributed by atoms with Crippen molar-refractivity contribution in [2.45, 2.75) is 6.61 Å². The second kappa shape index (κ2) is 8.98. The first-order chi connectivity index (χ1) is 13.0. The van der Waals surface area contributed by atoms with Crippen molar-refractivity contribution >= 4 is 43.5 Å². The Morgan fingerprint density at radius 1 is 1.00 bits per heavy atom. The summed E-state index contributed by atoms with van der Waals surface area (Å²) >= 11 is 6.95. The molecule has 0 aromatic heterocycles. The van der Waals surface area contributed by atoms with Crippen LogP contribution in [0.2, 0.25) is 0 Å². The van der Waals surface area contributed by atoms with Gasteiger partial charge in [0.2, 0.25) is 0 Å². The number of nitrogens with zero attached hydrogens (tertiary/aromatic N) is 1. The minimum absolute atomic E-state index is 0.324. The van der Waals surface area contributed by atoms with Gasteiger partial charge in [0.05, 0.1) is 11.6 Å². The van der Waals surface area contributed by atoms with Crippen LogP contribution in [0.3, 0.4) is 0 Å². The van der Waals surface area contributed by atoms with Gasteiger partial charge in [-0.3, -0.25) is 0 Å². The van der Waals surface area contributed by atoms with E-state index in [1.807, 2.05) is 42.5 Å². The molecule has 0 unspecified atom stereocenters. The molecule has 0 aliphatic carbocycles. The molecule has 0 amide bonds. The van der Waals surface area contributed by atoms with Crippen LogP contribution in [0.5, 0.6) is 5.75 Å². The average molecular weight is 487 g/mol. The van der Waals surface area contributed by atoms with E-state index in [0.717, 1.165) is 25.8 Å². The highest BCUT2D eigenvalue weighted by molar-refractivity contribution is 9.11. The van der Waals surface area contributed by atoms with Gasteiger partial charge < -0.3 is 4.74 Å². The van der Waals surface area contributed by atoms with Gasteiger partial charge in [0.15, 0.2) is 0 Å². The molecule has 0 fully saturated rings. The quantitative estimate of drug-likeness (QED) is 0.287. The molecular formula is C22H14Br2FNO. The lowest BCUT2D eigenvalue weighted by Crippen LogP contribution is -1.96. The third-order valence-corrected chi connectivity index (χ3v) is 5.11. The SMILES string of the molecule is N#C/C(=C/c1ccc(OCc2ccc(Br)cc2Br)cc1)c1ccc(F)cc1. The third-order valence-electron chi connectivity index (χ3n) is 3.88. The molecule has 0 saturated heterocycles. The summed E-state index contributed by atoms with van der Waals surface area (Å²) in [5.74, 6) is 0.414.